The van der Waals surface area contributed by atoms with Gasteiger partial charge in [0, 0.05) is 19.1 Å². The van der Waals surface area contributed by atoms with Crippen LogP contribution in [0.2, 0.25) is 0 Å². The van der Waals surface area contributed by atoms with Crippen LogP contribution in [0.1, 0.15) is 45.1 Å². The highest BCUT2D eigenvalue weighted by Gasteiger charge is 2.25. The molecule has 0 bridgehead atoms. The number of rotatable bonds is 7. The third kappa shape index (κ3) is 5.10. The Morgan fingerprint density at radius 1 is 1.14 bits per heavy atom. The molecule has 0 spiro atoms. The van der Waals surface area contributed by atoms with Crippen molar-refractivity contribution in [2.45, 2.75) is 57.7 Å². The number of nitrogens with one attached hydrogen (secondary N) is 1. The van der Waals surface area contributed by atoms with Crippen LogP contribution in [0.15, 0.2) is 30.3 Å². The van der Waals surface area contributed by atoms with Gasteiger partial charge in [0.05, 0.1) is 5.60 Å². The molecule has 1 aliphatic rings. The molecule has 1 fully saturated rings. The van der Waals surface area contributed by atoms with Gasteiger partial charge in [0.1, 0.15) is 0 Å². The Balaban J connectivity index is 1.71. The van der Waals surface area contributed by atoms with Gasteiger partial charge in [0.15, 0.2) is 0 Å². The molecule has 2 rings (SSSR count). The number of hydrogen-bond donors (Lipinski definition) is 2. The van der Waals surface area contributed by atoms with Gasteiger partial charge < -0.3 is 10.4 Å². The summed E-state index contributed by atoms with van der Waals surface area (Å²) in [6, 6.07) is 11.3. The van der Waals surface area contributed by atoms with Crippen molar-refractivity contribution < 1.29 is 5.11 Å². The summed E-state index contributed by atoms with van der Waals surface area (Å²) in [5.74, 6) is 0. The lowest BCUT2D eigenvalue weighted by Gasteiger charge is -2.35. The molecule has 0 amide bonds. The molecule has 0 aliphatic carbocycles. The molecule has 118 valence electrons. The van der Waals surface area contributed by atoms with E-state index in [2.05, 4.69) is 54.4 Å². The molecule has 3 nitrogen and oxygen atoms in total. The van der Waals surface area contributed by atoms with E-state index in [4.69, 9.17) is 0 Å². The smallest absolute Gasteiger partial charge is 0.0766 e. The second-order valence-corrected chi connectivity index (χ2v) is 6.35. The summed E-state index contributed by atoms with van der Waals surface area (Å²) in [5, 5.41) is 13.9. The third-order valence-corrected chi connectivity index (χ3v) is 4.87. The van der Waals surface area contributed by atoms with Crippen molar-refractivity contribution in [3.63, 3.8) is 0 Å². The van der Waals surface area contributed by atoms with E-state index in [9.17, 15) is 5.11 Å². The zero-order valence-corrected chi connectivity index (χ0v) is 13.5. The van der Waals surface area contributed by atoms with Gasteiger partial charge in [-0.25, -0.2) is 0 Å². The Morgan fingerprint density at radius 3 is 2.33 bits per heavy atom. The quantitative estimate of drug-likeness (QED) is 0.810. The third-order valence-electron chi connectivity index (χ3n) is 4.87. The van der Waals surface area contributed by atoms with E-state index in [-0.39, 0.29) is 0 Å². The fourth-order valence-corrected chi connectivity index (χ4v) is 2.97. The molecule has 1 aromatic rings. The standard InChI is InChI=1S/C18H30N2O/c1-3-18(21,4-2)15-19-17-10-12-20(13-11-17)14-16-8-6-5-7-9-16/h5-9,17,19,21H,3-4,10-15H2,1-2H3. The predicted octanol–water partition coefficient (Wildman–Crippen LogP) is 2.79. The minimum absolute atomic E-state index is 0.527. The molecule has 0 aromatic heterocycles. The SMILES string of the molecule is CCC(O)(CC)CNC1CCN(Cc2ccccc2)CC1. The molecular weight excluding hydrogens is 260 g/mol. The molecular formula is C18H30N2O. The maximum absolute atomic E-state index is 10.3. The van der Waals surface area contributed by atoms with Crippen LogP contribution in [0.25, 0.3) is 0 Å². The Kier molecular flexibility index (Phi) is 6.22. The first-order chi connectivity index (χ1) is 10.1. The van der Waals surface area contributed by atoms with E-state index in [0.717, 1.165) is 39.0 Å². The number of hydrogen-bond acceptors (Lipinski definition) is 3. The molecule has 1 aromatic carbocycles. The van der Waals surface area contributed by atoms with Crippen LogP contribution in [0.4, 0.5) is 0 Å². The van der Waals surface area contributed by atoms with Crippen LogP contribution >= 0.6 is 0 Å². The van der Waals surface area contributed by atoms with Gasteiger partial charge in [0.2, 0.25) is 0 Å². The highest BCUT2D eigenvalue weighted by molar-refractivity contribution is 5.14. The molecule has 21 heavy (non-hydrogen) atoms. The molecule has 2 N–H and O–H groups in total. The Bertz CT molecular complexity index is 395. The lowest BCUT2D eigenvalue weighted by atomic mass is 9.96. The molecule has 0 atom stereocenters. The summed E-state index contributed by atoms with van der Waals surface area (Å²) in [6.07, 6.45) is 4.00. The monoisotopic (exact) mass is 290 g/mol. The predicted molar refractivity (Wildman–Crippen MR) is 88.3 cm³/mol. The van der Waals surface area contributed by atoms with E-state index < -0.39 is 5.60 Å². The van der Waals surface area contributed by atoms with Gasteiger partial charge in [-0.15, -0.1) is 0 Å². The van der Waals surface area contributed by atoms with Gasteiger partial charge in [0.25, 0.3) is 0 Å². The maximum atomic E-state index is 10.3. The summed E-state index contributed by atoms with van der Waals surface area (Å²) >= 11 is 0. The fraction of sp³-hybridized carbons (Fsp3) is 0.667. The minimum Gasteiger partial charge on any atom is -0.389 e. The van der Waals surface area contributed by atoms with E-state index in [0.29, 0.717) is 6.04 Å². The molecule has 1 aliphatic heterocycles. The first kappa shape index (κ1) is 16.5. The van der Waals surface area contributed by atoms with Crippen LogP contribution in [0.5, 0.6) is 0 Å². The second-order valence-electron chi connectivity index (χ2n) is 6.35. The maximum Gasteiger partial charge on any atom is 0.0766 e. The van der Waals surface area contributed by atoms with Gasteiger partial charge in [-0.1, -0.05) is 44.2 Å². The number of likely N-dealkylation sites (tertiary alicyclic amines) is 1. The first-order valence-electron chi connectivity index (χ1n) is 8.37. The van der Waals surface area contributed by atoms with Crippen molar-refractivity contribution in [2.75, 3.05) is 19.6 Å². The summed E-state index contributed by atoms with van der Waals surface area (Å²) < 4.78 is 0. The lowest BCUT2D eigenvalue weighted by Crippen LogP contribution is -2.48. The van der Waals surface area contributed by atoms with E-state index in [1.54, 1.807) is 0 Å². The largest absolute Gasteiger partial charge is 0.389 e. The highest BCUT2D eigenvalue weighted by Crippen LogP contribution is 2.17. The van der Waals surface area contributed by atoms with Crippen LogP contribution < -0.4 is 5.32 Å². The van der Waals surface area contributed by atoms with E-state index in [1.807, 2.05) is 0 Å². The second kappa shape index (κ2) is 7.92. The topological polar surface area (TPSA) is 35.5 Å². The molecule has 3 heteroatoms. The van der Waals surface area contributed by atoms with Gasteiger partial charge >= 0.3 is 0 Å². The lowest BCUT2D eigenvalue weighted by molar-refractivity contribution is 0.0271. The number of piperidine rings is 1. The Hall–Kier alpha value is -0.900. The van der Waals surface area contributed by atoms with Gasteiger partial charge in [-0.2, -0.15) is 0 Å². The van der Waals surface area contributed by atoms with Crippen LogP contribution in [-0.4, -0.2) is 41.3 Å². The summed E-state index contributed by atoms with van der Waals surface area (Å²) in [4.78, 5) is 2.53. The van der Waals surface area contributed by atoms with E-state index in [1.165, 1.54) is 18.4 Å². The Labute approximate surface area is 129 Å². The Morgan fingerprint density at radius 2 is 1.76 bits per heavy atom. The zero-order chi connectivity index (χ0) is 15.1. The first-order valence-corrected chi connectivity index (χ1v) is 8.37. The average Bonchev–Trinajstić information content (AvgIpc) is 2.55. The van der Waals surface area contributed by atoms with Crippen molar-refractivity contribution in [1.29, 1.82) is 0 Å². The molecule has 0 unspecified atom stereocenters. The normalized spacial score (nSPS) is 18.0. The molecule has 1 saturated heterocycles. The van der Waals surface area contributed by atoms with Crippen LogP contribution in [0.3, 0.4) is 0 Å². The van der Waals surface area contributed by atoms with Crippen molar-refractivity contribution >= 4 is 0 Å². The molecule has 0 radical (unpaired) electrons. The molecule has 0 saturated carbocycles. The number of aliphatic hydroxyl groups is 1. The summed E-state index contributed by atoms with van der Waals surface area (Å²) in [6.45, 7) is 8.19. The zero-order valence-electron chi connectivity index (χ0n) is 13.5. The average molecular weight is 290 g/mol. The van der Waals surface area contributed by atoms with Crippen molar-refractivity contribution in [3.05, 3.63) is 35.9 Å². The summed E-state index contributed by atoms with van der Waals surface area (Å²) in [7, 11) is 0. The van der Waals surface area contributed by atoms with Crippen LogP contribution in [0, 0.1) is 0 Å². The fourth-order valence-electron chi connectivity index (χ4n) is 2.97. The van der Waals surface area contributed by atoms with Crippen molar-refractivity contribution in [3.8, 4) is 0 Å². The summed E-state index contributed by atoms with van der Waals surface area (Å²) in [5.41, 5.74) is 0.872. The number of nitrogens with zero attached hydrogens (tertiary/aromatic N) is 1. The minimum atomic E-state index is -0.527. The van der Waals surface area contributed by atoms with Crippen molar-refractivity contribution in [2.24, 2.45) is 0 Å². The highest BCUT2D eigenvalue weighted by atomic mass is 16.3. The van der Waals surface area contributed by atoms with E-state index >= 15 is 0 Å². The van der Waals surface area contributed by atoms with Gasteiger partial charge in [-0.3, -0.25) is 4.90 Å². The van der Waals surface area contributed by atoms with Crippen LogP contribution in [-0.2, 0) is 6.54 Å². The van der Waals surface area contributed by atoms with Crippen molar-refractivity contribution in [1.82, 2.24) is 10.2 Å². The molecule has 1 heterocycles. The van der Waals surface area contributed by atoms with Gasteiger partial charge in [-0.05, 0) is 44.3 Å². The number of benzene rings is 1.